The van der Waals surface area contributed by atoms with Crippen LogP contribution in [0.2, 0.25) is 0 Å². The molecule has 0 fully saturated rings. The third-order valence-electron chi connectivity index (χ3n) is 3.10. The molecule has 24 heavy (non-hydrogen) atoms. The molecule has 3 aromatic rings. The number of hydrogen-bond acceptors (Lipinski definition) is 5. The predicted octanol–water partition coefficient (Wildman–Crippen LogP) is 3.53. The predicted molar refractivity (Wildman–Crippen MR) is 84.7 cm³/mol. The molecule has 0 saturated carbocycles. The number of benzene rings is 2. The first-order valence-corrected chi connectivity index (χ1v) is 6.81. The van der Waals surface area contributed by atoms with E-state index < -0.39 is 22.3 Å². The molecule has 2 aromatic carbocycles. The van der Waals surface area contributed by atoms with Crippen molar-refractivity contribution in [3.8, 4) is 0 Å². The number of halogens is 1. The van der Waals surface area contributed by atoms with Crippen molar-refractivity contribution in [2.45, 2.75) is 0 Å². The van der Waals surface area contributed by atoms with Crippen LogP contribution in [-0.2, 0) is 4.79 Å². The van der Waals surface area contributed by atoms with Gasteiger partial charge in [0.25, 0.3) is 0 Å². The van der Waals surface area contributed by atoms with Gasteiger partial charge in [-0.25, -0.2) is 4.98 Å². The quantitative estimate of drug-likeness (QED) is 0.449. The fraction of sp³-hybridized carbons (Fsp3) is 0. The Morgan fingerprint density at radius 1 is 1.29 bits per heavy atom. The van der Waals surface area contributed by atoms with Crippen LogP contribution in [0.4, 0.5) is 15.8 Å². The van der Waals surface area contributed by atoms with E-state index in [-0.39, 0.29) is 11.6 Å². The Morgan fingerprint density at radius 2 is 2.08 bits per heavy atom. The zero-order chi connectivity index (χ0) is 17.1. The Balaban J connectivity index is 1.73. The van der Waals surface area contributed by atoms with Gasteiger partial charge in [0.2, 0.25) is 17.6 Å². The zero-order valence-corrected chi connectivity index (χ0v) is 12.1. The number of carbonyl (C=O) groups excluding carboxylic acids is 1. The maximum Gasteiger partial charge on any atom is 0.306 e. The Labute approximate surface area is 134 Å². The van der Waals surface area contributed by atoms with Crippen molar-refractivity contribution in [1.82, 2.24) is 4.98 Å². The molecule has 1 amide bonds. The molecule has 0 radical (unpaired) electrons. The van der Waals surface area contributed by atoms with Gasteiger partial charge >= 0.3 is 5.69 Å². The lowest BCUT2D eigenvalue weighted by Crippen LogP contribution is -2.08. The van der Waals surface area contributed by atoms with Crippen molar-refractivity contribution in [3.63, 3.8) is 0 Å². The van der Waals surface area contributed by atoms with E-state index in [9.17, 15) is 19.3 Å². The van der Waals surface area contributed by atoms with Crippen LogP contribution in [0.5, 0.6) is 0 Å². The number of nitrogens with one attached hydrogen (secondary N) is 1. The highest BCUT2D eigenvalue weighted by molar-refractivity contribution is 6.01. The van der Waals surface area contributed by atoms with E-state index in [2.05, 4.69) is 10.3 Å². The van der Waals surface area contributed by atoms with Gasteiger partial charge in [-0.15, -0.1) is 0 Å². The monoisotopic (exact) mass is 327 g/mol. The topological polar surface area (TPSA) is 98.3 Å². The average Bonchev–Trinajstić information content (AvgIpc) is 2.97. The molecular formula is C16H10FN3O4. The van der Waals surface area contributed by atoms with Crippen LogP contribution in [0.3, 0.4) is 0 Å². The number of nitrogens with zero attached hydrogens (tertiary/aromatic N) is 2. The molecule has 1 N–H and O–H groups in total. The number of para-hydroxylation sites is 2. The molecule has 7 nitrogen and oxygen atoms in total. The zero-order valence-electron chi connectivity index (χ0n) is 12.1. The number of nitro groups is 1. The van der Waals surface area contributed by atoms with Gasteiger partial charge in [0.1, 0.15) is 5.52 Å². The van der Waals surface area contributed by atoms with E-state index in [1.165, 1.54) is 18.2 Å². The van der Waals surface area contributed by atoms with Crippen molar-refractivity contribution in [2.24, 2.45) is 0 Å². The summed E-state index contributed by atoms with van der Waals surface area (Å²) in [6.45, 7) is 0. The van der Waals surface area contributed by atoms with E-state index in [1.807, 2.05) is 6.07 Å². The second kappa shape index (κ2) is 6.29. The summed E-state index contributed by atoms with van der Waals surface area (Å²) in [6.07, 6.45) is 2.53. The molecule has 8 heteroatoms. The molecule has 1 heterocycles. The van der Waals surface area contributed by atoms with Crippen LogP contribution in [0.15, 0.2) is 53.0 Å². The number of aromatic nitrogens is 1. The first-order valence-electron chi connectivity index (χ1n) is 6.81. The standard InChI is InChI=1S/C16H10FN3O4/c17-11-6-5-10(9-13(11)20(22)23)18-15(21)7-8-16-19-12-3-1-2-4-14(12)24-16/h1-9H,(H,18,21)/b8-7+. The summed E-state index contributed by atoms with van der Waals surface area (Å²) < 4.78 is 18.7. The molecule has 0 bridgehead atoms. The molecule has 0 atom stereocenters. The lowest BCUT2D eigenvalue weighted by Gasteiger charge is -2.02. The van der Waals surface area contributed by atoms with Gasteiger partial charge in [0.15, 0.2) is 5.58 Å². The molecule has 0 aliphatic carbocycles. The second-order valence-corrected chi connectivity index (χ2v) is 4.77. The van der Waals surface area contributed by atoms with E-state index in [0.717, 1.165) is 12.1 Å². The summed E-state index contributed by atoms with van der Waals surface area (Å²) in [7, 11) is 0. The van der Waals surface area contributed by atoms with Crippen LogP contribution < -0.4 is 5.32 Å². The number of rotatable bonds is 4. The van der Waals surface area contributed by atoms with E-state index >= 15 is 0 Å². The molecule has 0 aliphatic rings. The summed E-state index contributed by atoms with van der Waals surface area (Å²) in [5.74, 6) is -1.28. The lowest BCUT2D eigenvalue weighted by atomic mass is 10.2. The smallest absolute Gasteiger partial charge is 0.306 e. The van der Waals surface area contributed by atoms with Crippen molar-refractivity contribution in [1.29, 1.82) is 0 Å². The van der Waals surface area contributed by atoms with Crippen LogP contribution >= 0.6 is 0 Å². The molecule has 1 aromatic heterocycles. The Hall–Kier alpha value is -3.55. The van der Waals surface area contributed by atoms with E-state index in [1.54, 1.807) is 18.2 Å². The summed E-state index contributed by atoms with van der Waals surface area (Å²) in [5, 5.41) is 13.1. The summed E-state index contributed by atoms with van der Waals surface area (Å²) in [6, 6.07) is 10.2. The Kier molecular flexibility index (Phi) is 4.02. The highest BCUT2D eigenvalue weighted by Gasteiger charge is 2.14. The fourth-order valence-electron chi connectivity index (χ4n) is 2.02. The van der Waals surface area contributed by atoms with Crippen molar-refractivity contribution < 1.29 is 18.5 Å². The molecule has 3 rings (SSSR count). The largest absolute Gasteiger partial charge is 0.437 e. The number of carbonyl (C=O) groups is 1. The van der Waals surface area contributed by atoms with Gasteiger partial charge in [-0.2, -0.15) is 4.39 Å². The van der Waals surface area contributed by atoms with Crippen LogP contribution in [0.1, 0.15) is 5.89 Å². The van der Waals surface area contributed by atoms with E-state index in [0.29, 0.717) is 11.1 Å². The minimum Gasteiger partial charge on any atom is -0.437 e. The van der Waals surface area contributed by atoms with Crippen molar-refractivity contribution in [2.75, 3.05) is 5.32 Å². The number of hydrogen-bond donors (Lipinski definition) is 1. The highest BCUT2D eigenvalue weighted by Crippen LogP contribution is 2.21. The third-order valence-corrected chi connectivity index (χ3v) is 3.10. The third kappa shape index (κ3) is 3.27. The first-order chi connectivity index (χ1) is 11.5. The Bertz CT molecular complexity index is 932. The molecule has 0 aliphatic heterocycles. The number of fused-ring (bicyclic) bond motifs is 1. The minimum atomic E-state index is -0.972. The van der Waals surface area contributed by atoms with Gasteiger partial charge in [-0.3, -0.25) is 14.9 Å². The van der Waals surface area contributed by atoms with Crippen LogP contribution in [0.25, 0.3) is 17.2 Å². The maximum atomic E-state index is 13.2. The van der Waals surface area contributed by atoms with Gasteiger partial charge in [0.05, 0.1) is 4.92 Å². The molecule has 0 unspecified atom stereocenters. The molecular weight excluding hydrogens is 317 g/mol. The molecule has 0 saturated heterocycles. The van der Waals surface area contributed by atoms with Crippen LogP contribution in [0, 0.1) is 15.9 Å². The van der Waals surface area contributed by atoms with E-state index in [4.69, 9.17) is 4.42 Å². The normalized spacial score (nSPS) is 11.0. The summed E-state index contributed by atoms with van der Waals surface area (Å²) in [5.41, 5.74) is 0.643. The van der Waals surface area contributed by atoms with Crippen LogP contribution in [-0.4, -0.2) is 15.8 Å². The average molecular weight is 327 g/mol. The number of nitro benzene ring substituents is 1. The SMILES string of the molecule is O=C(/C=C/c1nc2ccccc2o1)Nc1ccc(F)c([N+](=O)[O-])c1. The van der Waals surface area contributed by atoms with Gasteiger partial charge in [-0.1, -0.05) is 12.1 Å². The Morgan fingerprint density at radius 3 is 2.83 bits per heavy atom. The molecule has 120 valence electrons. The first kappa shape index (κ1) is 15.3. The van der Waals surface area contributed by atoms with Gasteiger partial charge < -0.3 is 9.73 Å². The van der Waals surface area contributed by atoms with Crippen molar-refractivity contribution >= 4 is 34.5 Å². The number of oxazole rings is 1. The summed E-state index contributed by atoms with van der Waals surface area (Å²) in [4.78, 5) is 25.8. The highest BCUT2D eigenvalue weighted by atomic mass is 19.1. The number of amides is 1. The number of anilines is 1. The fourth-order valence-corrected chi connectivity index (χ4v) is 2.02. The molecule has 0 spiro atoms. The van der Waals surface area contributed by atoms with Gasteiger partial charge in [-0.05, 0) is 24.3 Å². The maximum absolute atomic E-state index is 13.2. The minimum absolute atomic E-state index is 0.107. The lowest BCUT2D eigenvalue weighted by molar-refractivity contribution is -0.387. The van der Waals surface area contributed by atoms with Crippen molar-refractivity contribution in [3.05, 3.63) is 70.4 Å². The summed E-state index contributed by atoms with van der Waals surface area (Å²) >= 11 is 0. The van der Waals surface area contributed by atoms with Gasteiger partial charge in [0, 0.05) is 23.9 Å². The second-order valence-electron chi connectivity index (χ2n) is 4.77.